The number of methoxy groups -OCH3 is 1. The molecule has 0 radical (unpaired) electrons. The summed E-state index contributed by atoms with van der Waals surface area (Å²) >= 11 is 0. The van der Waals surface area contributed by atoms with E-state index in [1.54, 1.807) is 31.4 Å². The molecule has 86 valence electrons. The van der Waals surface area contributed by atoms with Gasteiger partial charge in [0.05, 0.1) is 7.11 Å². The van der Waals surface area contributed by atoms with E-state index in [4.69, 9.17) is 9.84 Å². The predicted octanol–water partition coefficient (Wildman–Crippen LogP) is 1.85. The Bertz CT molecular complexity index is 555. The molecule has 0 aliphatic carbocycles. The van der Waals surface area contributed by atoms with E-state index in [0.717, 1.165) is 0 Å². The number of nitrogens with zero attached hydrogens (tertiary/aromatic N) is 2. The average molecular weight is 230 g/mol. The Balaban J connectivity index is 2.56. The van der Waals surface area contributed by atoms with Gasteiger partial charge in [0.15, 0.2) is 5.69 Å². The lowest BCUT2D eigenvalue weighted by Gasteiger charge is -2.06. The van der Waals surface area contributed by atoms with E-state index in [-0.39, 0.29) is 5.69 Å². The van der Waals surface area contributed by atoms with Crippen molar-refractivity contribution < 1.29 is 14.6 Å². The van der Waals surface area contributed by atoms with E-state index in [1.807, 2.05) is 0 Å². The summed E-state index contributed by atoms with van der Waals surface area (Å²) in [7, 11) is 1.55. The molecule has 2 rings (SSSR count). The van der Waals surface area contributed by atoms with Crippen LogP contribution < -0.4 is 4.74 Å². The van der Waals surface area contributed by atoms with Crippen molar-refractivity contribution in [1.29, 1.82) is 0 Å². The predicted molar refractivity (Wildman–Crippen MR) is 61.0 cm³/mol. The molecule has 0 aliphatic heterocycles. The molecular formula is C12H10N2O3. The average Bonchev–Trinajstić information content (AvgIpc) is 2.39. The number of rotatable bonds is 3. The molecule has 5 heteroatoms. The standard InChI is InChI=1S/C12H10N2O3/c1-17-9-4-2-3-8(5-9)10-6-13-7-14-11(10)12(15)16/h2-7H,1H3,(H,15,16). The summed E-state index contributed by atoms with van der Waals surface area (Å²) in [6.07, 6.45) is 2.69. The highest BCUT2D eigenvalue weighted by Crippen LogP contribution is 2.25. The van der Waals surface area contributed by atoms with Crippen LogP contribution in [0.2, 0.25) is 0 Å². The van der Waals surface area contributed by atoms with Crippen LogP contribution in [0.3, 0.4) is 0 Å². The van der Waals surface area contributed by atoms with E-state index >= 15 is 0 Å². The summed E-state index contributed by atoms with van der Waals surface area (Å²) in [6.45, 7) is 0. The van der Waals surface area contributed by atoms with Crippen molar-refractivity contribution in [3.63, 3.8) is 0 Å². The first-order valence-electron chi connectivity index (χ1n) is 4.90. The first-order chi connectivity index (χ1) is 8.22. The molecule has 1 N–H and O–H groups in total. The van der Waals surface area contributed by atoms with Crippen LogP contribution in [-0.4, -0.2) is 28.2 Å². The van der Waals surface area contributed by atoms with Gasteiger partial charge in [-0.15, -0.1) is 0 Å². The van der Waals surface area contributed by atoms with Gasteiger partial charge in [-0.25, -0.2) is 14.8 Å². The number of hydrogen-bond donors (Lipinski definition) is 1. The third-order valence-electron chi connectivity index (χ3n) is 2.30. The smallest absolute Gasteiger partial charge is 0.355 e. The van der Waals surface area contributed by atoms with Crippen LogP contribution in [0.5, 0.6) is 5.75 Å². The highest BCUT2D eigenvalue weighted by atomic mass is 16.5. The lowest BCUT2D eigenvalue weighted by Crippen LogP contribution is -2.03. The first-order valence-corrected chi connectivity index (χ1v) is 4.90. The van der Waals surface area contributed by atoms with Crippen molar-refractivity contribution in [3.05, 3.63) is 42.5 Å². The van der Waals surface area contributed by atoms with Gasteiger partial charge in [-0.1, -0.05) is 12.1 Å². The fourth-order valence-corrected chi connectivity index (χ4v) is 1.50. The van der Waals surface area contributed by atoms with Gasteiger partial charge in [-0.2, -0.15) is 0 Å². The molecule has 1 aromatic heterocycles. The number of aromatic nitrogens is 2. The van der Waals surface area contributed by atoms with Gasteiger partial charge >= 0.3 is 5.97 Å². The van der Waals surface area contributed by atoms with Crippen molar-refractivity contribution in [1.82, 2.24) is 9.97 Å². The molecule has 0 atom stereocenters. The van der Waals surface area contributed by atoms with Crippen LogP contribution >= 0.6 is 0 Å². The summed E-state index contributed by atoms with van der Waals surface area (Å²) in [4.78, 5) is 18.6. The van der Waals surface area contributed by atoms with E-state index in [9.17, 15) is 4.79 Å². The van der Waals surface area contributed by atoms with E-state index in [2.05, 4.69) is 9.97 Å². The van der Waals surface area contributed by atoms with Crippen molar-refractivity contribution in [3.8, 4) is 16.9 Å². The van der Waals surface area contributed by atoms with Crippen LogP contribution in [0, 0.1) is 0 Å². The second-order valence-electron chi connectivity index (χ2n) is 3.32. The van der Waals surface area contributed by atoms with Crippen molar-refractivity contribution in [2.24, 2.45) is 0 Å². The molecule has 0 fully saturated rings. The maximum Gasteiger partial charge on any atom is 0.355 e. The van der Waals surface area contributed by atoms with Gasteiger partial charge in [0.2, 0.25) is 0 Å². The van der Waals surface area contributed by atoms with Gasteiger partial charge in [0.25, 0.3) is 0 Å². The second-order valence-corrected chi connectivity index (χ2v) is 3.32. The Labute approximate surface area is 97.7 Å². The number of carbonyl (C=O) groups is 1. The Morgan fingerprint density at radius 2 is 2.24 bits per heavy atom. The summed E-state index contributed by atoms with van der Waals surface area (Å²) in [6, 6.07) is 7.10. The second kappa shape index (κ2) is 4.61. The number of aromatic carboxylic acids is 1. The Morgan fingerprint density at radius 3 is 2.94 bits per heavy atom. The largest absolute Gasteiger partial charge is 0.497 e. The minimum Gasteiger partial charge on any atom is -0.497 e. The number of hydrogen-bond acceptors (Lipinski definition) is 4. The summed E-state index contributed by atoms with van der Waals surface area (Å²) < 4.78 is 5.09. The number of ether oxygens (including phenoxy) is 1. The molecule has 0 spiro atoms. The van der Waals surface area contributed by atoms with Crippen LogP contribution in [0.4, 0.5) is 0 Å². The molecule has 0 saturated carbocycles. The minimum absolute atomic E-state index is 0.0201. The molecule has 2 aromatic rings. The summed E-state index contributed by atoms with van der Waals surface area (Å²) in [5.41, 5.74) is 1.16. The van der Waals surface area contributed by atoms with Crippen molar-refractivity contribution >= 4 is 5.97 Å². The van der Waals surface area contributed by atoms with Crippen LogP contribution in [0.15, 0.2) is 36.8 Å². The molecular weight excluding hydrogens is 220 g/mol. The number of carboxylic acids is 1. The molecule has 0 saturated heterocycles. The van der Waals surface area contributed by atoms with Crippen LogP contribution in [0.25, 0.3) is 11.1 Å². The van der Waals surface area contributed by atoms with Gasteiger partial charge in [-0.05, 0) is 17.7 Å². The van der Waals surface area contributed by atoms with E-state index < -0.39 is 5.97 Å². The van der Waals surface area contributed by atoms with E-state index in [0.29, 0.717) is 16.9 Å². The van der Waals surface area contributed by atoms with Crippen molar-refractivity contribution in [2.75, 3.05) is 7.11 Å². The Morgan fingerprint density at radius 1 is 1.41 bits per heavy atom. The zero-order chi connectivity index (χ0) is 12.3. The van der Waals surface area contributed by atoms with Gasteiger partial charge < -0.3 is 9.84 Å². The molecule has 1 heterocycles. The van der Waals surface area contributed by atoms with Crippen LogP contribution in [0.1, 0.15) is 10.5 Å². The highest BCUT2D eigenvalue weighted by molar-refractivity contribution is 5.93. The minimum atomic E-state index is -1.08. The molecule has 1 aromatic carbocycles. The van der Waals surface area contributed by atoms with Gasteiger partial charge in [0.1, 0.15) is 12.1 Å². The van der Waals surface area contributed by atoms with Crippen molar-refractivity contribution in [2.45, 2.75) is 0 Å². The Kier molecular flexibility index (Phi) is 3.00. The Hall–Kier alpha value is -2.43. The lowest BCUT2D eigenvalue weighted by molar-refractivity contribution is 0.0691. The number of carboxylic acid groups (broad SMARTS) is 1. The first kappa shape index (κ1) is 11.1. The van der Waals surface area contributed by atoms with Crippen LogP contribution in [-0.2, 0) is 0 Å². The quantitative estimate of drug-likeness (QED) is 0.871. The summed E-state index contributed by atoms with van der Waals surface area (Å²) in [5.74, 6) is -0.423. The SMILES string of the molecule is COc1cccc(-c2cncnc2C(=O)O)c1. The van der Waals surface area contributed by atoms with E-state index in [1.165, 1.54) is 12.5 Å². The molecule has 0 bridgehead atoms. The zero-order valence-corrected chi connectivity index (χ0v) is 9.12. The normalized spacial score (nSPS) is 9.94. The number of benzene rings is 1. The fourth-order valence-electron chi connectivity index (χ4n) is 1.50. The maximum atomic E-state index is 11.0. The topological polar surface area (TPSA) is 72.3 Å². The summed E-state index contributed by atoms with van der Waals surface area (Å²) in [5, 5.41) is 9.03. The van der Waals surface area contributed by atoms with Gasteiger partial charge in [0, 0.05) is 11.8 Å². The monoisotopic (exact) mass is 230 g/mol. The third-order valence-corrected chi connectivity index (χ3v) is 2.30. The maximum absolute atomic E-state index is 11.0. The zero-order valence-electron chi connectivity index (χ0n) is 9.12. The molecule has 17 heavy (non-hydrogen) atoms. The highest BCUT2D eigenvalue weighted by Gasteiger charge is 2.13. The molecule has 5 nitrogen and oxygen atoms in total. The van der Waals surface area contributed by atoms with Gasteiger partial charge in [-0.3, -0.25) is 0 Å². The molecule has 0 aliphatic rings. The fraction of sp³-hybridized carbons (Fsp3) is 0.0833. The lowest BCUT2D eigenvalue weighted by atomic mass is 10.1. The molecule has 0 amide bonds. The third kappa shape index (κ3) is 2.23. The molecule has 0 unspecified atom stereocenters.